The van der Waals surface area contributed by atoms with E-state index in [0.29, 0.717) is 5.92 Å². The minimum Gasteiger partial charge on any atom is -0.336 e. The first-order valence-electron chi connectivity index (χ1n) is 10.9. The number of fused-ring (bicyclic) bond motifs is 1. The largest absolute Gasteiger partial charge is 0.336 e. The number of aromatic nitrogens is 1. The van der Waals surface area contributed by atoms with Gasteiger partial charge in [-0.05, 0) is 73.3 Å². The Labute approximate surface area is 186 Å². The Morgan fingerprint density at radius 2 is 1.94 bits per heavy atom. The lowest BCUT2D eigenvalue weighted by atomic mass is 9.90. The fourth-order valence-electron chi connectivity index (χ4n) is 4.87. The molecule has 2 aliphatic heterocycles. The zero-order chi connectivity index (χ0) is 21.4. The Morgan fingerprint density at radius 3 is 2.71 bits per heavy atom. The monoisotopic (exact) mass is 440 g/mol. The number of piperidine rings is 1. The first-order valence-corrected chi connectivity index (χ1v) is 11.3. The number of carbonyl (C=O) groups is 1. The van der Waals surface area contributed by atoms with E-state index < -0.39 is 0 Å². The van der Waals surface area contributed by atoms with Gasteiger partial charge < -0.3 is 19.7 Å². The van der Waals surface area contributed by atoms with Crippen LogP contribution in [0.2, 0.25) is 5.02 Å². The normalized spacial score (nSPS) is 19.9. The summed E-state index contributed by atoms with van der Waals surface area (Å²) in [5, 5.41) is 4.74. The fraction of sp³-hybridized carbons (Fsp3) is 0.375. The highest BCUT2D eigenvalue weighted by Gasteiger charge is 2.26. The van der Waals surface area contributed by atoms with Gasteiger partial charge in [0.15, 0.2) is 0 Å². The Kier molecular flexibility index (Phi) is 5.59. The molecule has 1 unspecified atom stereocenters. The second kappa shape index (κ2) is 8.52. The molecule has 2 saturated heterocycles. The molecule has 3 aromatic rings. The molecule has 162 valence electrons. The maximum Gasteiger partial charge on any atom is 0.317 e. The van der Waals surface area contributed by atoms with E-state index in [4.69, 9.17) is 11.6 Å². The summed E-state index contributed by atoms with van der Waals surface area (Å²) in [6, 6.07) is 12.6. The Morgan fingerprint density at radius 1 is 1.10 bits per heavy atom. The molecule has 3 heterocycles. The second-order valence-electron chi connectivity index (χ2n) is 8.45. The van der Waals surface area contributed by atoms with Gasteiger partial charge in [-0.25, -0.2) is 9.18 Å². The van der Waals surface area contributed by atoms with E-state index in [9.17, 15) is 9.18 Å². The number of hydrogen-bond donors (Lipinski definition) is 1. The van der Waals surface area contributed by atoms with Gasteiger partial charge in [0, 0.05) is 55.0 Å². The number of benzene rings is 2. The fourth-order valence-corrected chi connectivity index (χ4v) is 5.04. The van der Waals surface area contributed by atoms with Gasteiger partial charge in [0.05, 0.1) is 5.52 Å². The lowest BCUT2D eigenvalue weighted by Gasteiger charge is -2.33. The molecule has 2 amide bonds. The molecular formula is C24H26ClFN4O. The lowest BCUT2D eigenvalue weighted by molar-refractivity contribution is 0.178. The van der Waals surface area contributed by atoms with Gasteiger partial charge in [0.2, 0.25) is 0 Å². The van der Waals surface area contributed by atoms with Crippen molar-refractivity contribution < 1.29 is 9.18 Å². The molecule has 0 aliphatic carbocycles. The molecule has 5 nitrogen and oxygen atoms in total. The first-order chi connectivity index (χ1) is 15.1. The highest BCUT2D eigenvalue weighted by Crippen LogP contribution is 2.36. The summed E-state index contributed by atoms with van der Waals surface area (Å²) in [5.41, 5.74) is 3.30. The average Bonchev–Trinajstić information content (AvgIpc) is 3.36. The van der Waals surface area contributed by atoms with E-state index in [1.165, 1.54) is 17.7 Å². The van der Waals surface area contributed by atoms with Crippen LogP contribution in [0.1, 0.15) is 24.3 Å². The van der Waals surface area contributed by atoms with E-state index in [0.717, 1.165) is 73.7 Å². The van der Waals surface area contributed by atoms with Crippen LogP contribution in [0.25, 0.3) is 16.6 Å². The molecular weight excluding hydrogens is 415 g/mol. The van der Waals surface area contributed by atoms with Gasteiger partial charge in [-0.3, -0.25) is 0 Å². The van der Waals surface area contributed by atoms with Gasteiger partial charge in [-0.2, -0.15) is 0 Å². The van der Waals surface area contributed by atoms with Gasteiger partial charge in [0.1, 0.15) is 5.82 Å². The van der Waals surface area contributed by atoms with Crippen molar-refractivity contribution in [3.05, 3.63) is 65.1 Å². The topological polar surface area (TPSA) is 40.5 Å². The number of amides is 2. The minimum atomic E-state index is -0.238. The maximum absolute atomic E-state index is 13.5. The minimum absolute atomic E-state index is 0.0468. The summed E-state index contributed by atoms with van der Waals surface area (Å²) < 4.78 is 15.6. The van der Waals surface area contributed by atoms with Gasteiger partial charge in [0.25, 0.3) is 0 Å². The predicted octanol–water partition coefficient (Wildman–Crippen LogP) is 4.63. The number of hydrogen-bond acceptors (Lipinski definition) is 2. The molecule has 0 bridgehead atoms. The quantitative estimate of drug-likeness (QED) is 0.628. The lowest BCUT2D eigenvalue weighted by Crippen LogP contribution is -2.41. The number of likely N-dealkylation sites (tertiary alicyclic amines) is 1. The third kappa shape index (κ3) is 4.14. The highest BCUT2D eigenvalue weighted by atomic mass is 35.5. The zero-order valence-electron chi connectivity index (χ0n) is 17.4. The van der Waals surface area contributed by atoms with Gasteiger partial charge in [-0.15, -0.1) is 0 Å². The molecule has 0 saturated carbocycles. The molecule has 1 aromatic heterocycles. The van der Waals surface area contributed by atoms with Crippen molar-refractivity contribution in [1.82, 2.24) is 19.7 Å². The van der Waals surface area contributed by atoms with E-state index in [1.54, 1.807) is 12.1 Å². The molecule has 2 aliphatic rings. The van der Waals surface area contributed by atoms with Crippen LogP contribution in [-0.2, 0) is 0 Å². The SMILES string of the molecule is O=C1NCCN1CCN1CCCC(c2cn(-c3ccc(F)cc3)c3ccc(Cl)cc23)C1. The second-order valence-corrected chi connectivity index (χ2v) is 8.89. The van der Waals surface area contributed by atoms with Crippen LogP contribution in [0, 0.1) is 5.82 Å². The van der Waals surface area contributed by atoms with Crippen LogP contribution < -0.4 is 5.32 Å². The number of urea groups is 1. The van der Waals surface area contributed by atoms with Crippen molar-refractivity contribution in [2.45, 2.75) is 18.8 Å². The number of carbonyl (C=O) groups excluding carboxylic acids is 1. The Balaban J connectivity index is 1.41. The van der Waals surface area contributed by atoms with Crippen molar-refractivity contribution in [3.63, 3.8) is 0 Å². The molecule has 31 heavy (non-hydrogen) atoms. The van der Waals surface area contributed by atoms with Crippen LogP contribution in [0.4, 0.5) is 9.18 Å². The predicted molar refractivity (Wildman–Crippen MR) is 122 cm³/mol. The third-order valence-electron chi connectivity index (χ3n) is 6.48. The van der Waals surface area contributed by atoms with E-state index in [-0.39, 0.29) is 11.8 Å². The van der Waals surface area contributed by atoms with Gasteiger partial charge >= 0.3 is 6.03 Å². The molecule has 0 spiro atoms. The highest BCUT2D eigenvalue weighted by molar-refractivity contribution is 6.31. The first kappa shape index (κ1) is 20.3. The van der Waals surface area contributed by atoms with Crippen molar-refractivity contribution in [2.75, 3.05) is 39.3 Å². The van der Waals surface area contributed by atoms with Crippen LogP contribution in [0.5, 0.6) is 0 Å². The van der Waals surface area contributed by atoms with Gasteiger partial charge in [-0.1, -0.05) is 11.6 Å². The summed E-state index contributed by atoms with van der Waals surface area (Å²) in [4.78, 5) is 16.2. The van der Waals surface area contributed by atoms with Crippen molar-refractivity contribution in [2.24, 2.45) is 0 Å². The smallest absolute Gasteiger partial charge is 0.317 e. The average molecular weight is 441 g/mol. The summed E-state index contributed by atoms with van der Waals surface area (Å²) in [6.45, 7) is 5.21. The van der Waals surface area contributed by atoms with Crippen LogP contribution in [0.3, 0.4) is 0 Å². The van der Waals surface area contributed by atoms with Crippen LogP contribution >= 0.6 is 11.6 Å². The zero-order valence-corrected chi connectivity index (χ0v) is 18.1. The van der Waals surface area contributed by atoms with Crippen LogP contribution in [-0.4, -0.2) is 59.7 Å². The summed E-state index contributed by atoms with van der Waals surface area (Å²) in [7, 11) is 0. The van der Waals surface area contributed by atoms with E-state index in [1.807, 2.05) is 23.1 Å². The summed E-state index contributed by atoms with van der Waals surface area (Å²) in [5.74, 6) is 0.155. The molecule has 2 aromatic carbocycles. The van der Waals surface area contributed by atoms with E-state index >= 15 is 0 Å². The third-order valence-corrected chi connectivity index (χ3v) is 6.71. The molecule has 2 fully saturated rings. The summed E-state index contributed by atoms with van der Waals surface area (Å²) >= 11 is 6.36. The number of nitrogens with zero attached hydrogens (tertiary/aromatic N) is 3. The number of halogens is 2. The van der Waals surface area contributed by atoms with E-state index in [2.05, 4.69) is 21.0 Å². The number of rotatable bonds is 5. The van der Waals surface area contributed by atoms with Crippen molar-refractivity contribution in [1.29, 1.82) is 0 Å². The molecule has 5 rings (SSSR count). The summed E-state index contributed by atoms with van der Waals surface area (Å²) in [6.07, 6.45) is 4.44. The number of nitrogens with one attached hydrogen (secondary N) is 1. The van der Waals surface area contributed by atoms with Crippen molar-refractivity contribution >= 4 is 28.5 Å². The Hall–Kier alpha value is -2.57. The standard InChI is InChI=1S/C24H26ClFN4O/c25-18-3-8-23-21(14-18)22(16-30(23)20-6-4-19(26)5-7-20)17-2-1-10-28(15-17)12-13-29-11-9-27-24(29)31/h3-8,14,16-17H,1-2,9-13,15H2,(H,27,31). The molecule has 7 heteroatoms. The van der Waals surface area contributed by atoms with Crippen molar-refractivity contribution in [3.8, 4) is 5.69 Å². The van der Waals surface area contributed by atoms with Crippen LogP contribution in [0.15, 0.2) is 48.7 Å². The Bertz CT molecular complexity index is 1100. The molecule has 1 atom stereocenters. The molecule has 0 radical (unpaired) electrons. The maximum atomic E-state index is 13.5. The molecule has 1 N–H and O–H groups in total.